The summed E-state index contributed by atoms with van der Waals surface area (Å²) in [4.78, 5) is 24.1. The monoisotopic (exact) mass is 398 g/mol. The molecule has 1 aliphatic rings. The van der Waals surface area contributed by atoms with E-state index in [9.17, 15) is 9.59 Å². The Hall–Kier alpha value is -3.06. The molecule has 1 unspecified atom stereocenters. The van der Waals surface area contributed by atoms with Crippen molar-refractivity contribution in [3.05, 3.63) is 59.2 Å². The molecule has 154 valence electrons. The number of rotatable bonds is 7. The number of aryl methyl sites for hydroxylation is 2. The summed E-state index contributed by atoms with van der Waals surface area (Å²) in [6, 6.07) is 12.5. The number of hydrazine groups is 1. The Morgan fingerprint density at radius 2 is 1.86 bits per heavy atom. The lowest BCUT2D eigenvalue weighted by Gasteiger charge is -2.12. The lowest BCUT2D eigenvalue weighted by Crippen LogP contribution is -2.43. The zero-order valence-electron chi connectivity index (χ0n) is 16.7. The topological polar surface area (TPSA) is 85.9 Å². The first kappa shape index (κ1) is 20.7. The number of carbonyl (C=O) groups is 2. The molecular formula is C22H26N2O5. The highest BCUT2D eigenvalue weighted by atomic mass is 16.5. The van der Waals surface area contributed by atoms with E-state index in [-0.39, 0.29) is 12.7 Å². The van der Waals surface area contributed by atoms with E-state index in [0.717, 1.165) is 30.6 Å². The first-order chi connectivity index (χ1) is 14.0. The summed E-state index contributed by atoms with van der Waals surface area (Å²) in [5.41, 5.74) is 7.12. The van der Waals surface area contributed by atoms with E-state index in [0.29, 0.717) is 23.7 Å². The fourth-order valence-corrected chi connectivity index (χ4v) is 2.91. The van der Waals surface area contributed by atoms with Crippen LogP contribution in [0.2, 0.25) is 0 Å². The summed E-state index contributed by atoms with van der Waals surface area (Å²) in [6.07, 6.45) is 2.21. The molecule has 2 aromatic carbocycles. The lowest BCUT2D eigenvalue weighted by molar-refractivity contribution is -0.123. The normalized spacial score (nSPS) is 15.6. The smallest absolute Gasteiger partial charge is 0.276 e. The van der Waals surface area contributed by atoms with Gasteiger partial charge in [-0.05, 0) is 68.1 Å². The molecule has 7 heteroatoms. The Bertz CT molecular complexity index is 845. The van der Waals surface area contributed by atoms with Crippen LogP contribution < -0.4 is 20.3 Å². The van der Waals surface area contributed by atoms with Crippen molar-refractivity contribution in [3.63, 3.8) is 0 Å². The summed E-state index contributed by atoms with van der Waals surface area (Å²) in [5, 5.41) is 0. The Morgan fingerprint density at radius 1 is 1.07 bits per heavy atom. The van der Waals surface area contributed by atoms with Gasteiger partial charge in [0.2, 0.25) is 0 Å². The minimum absolute atomic E-state index is 0.138. The maximum Gasteiger partial charge on any atom is 0.276 e. The van der Waals surface area contributed by atoms with Gasteiger partial charge in [-0.25, -0.2) is 0 Å². The molecule has 3 rings (SSSR count). The number of hydrogen-bond acceptors (Lipinski definition) is 5. The van der Waals surface area contributed by atoms with Gasteiger partial charge < -0.3 is 14.2 Å². The van der Waals surface area contributed by atoms with E-state index >= 15 is 0 Å². The molecule has 0 aromatic heterocycles. The van der Waals surface area contributed by atoms with Gasteiger partial charge in [0.25, 0.3) is 11.8 Å². The van der Waals surface area contributed by atoms with Crippen LogP contribution in [0.5, 0.6) is 11.5 Å². The molecule has 0 spiro atoms. The van der Waals surface area contributed by atoms with E-state index in [1.807, 2.05) is 32.0 Å². The molecule has 1 heterocycles. The summed E-state index contributed by atoms with van der Waals surface area (Å²) < 4.78 is 16.7. The van der Waals surface area contributed by atoms with Crippen LogP contribution in [0.1, 0.15) is 34.3 Å². The van der Waals surface area contributed by atoms with Gasteiger partial charge in [-0.2, -0.15) is 0 Å². The molecule has 0 saturated carbocycles. The largest absolute Gasteiger partial charge is 0.491 e. The predicted molar refractivity (Wildman–Crippen MR) is 108 cm³/mol. The van der Waals surface area contributed by atoms with E-state index in [1.165, 1.54) is 0 Å². The third-order valence-corrected chi connectivity index (χ3v) is 4.59. The quantitative estimate of drug-likeness (QED) is 0.701. The van der Waals surface area contributed by atoms with Gasteiger partial charge in [-0.15, -0.1) is 0 Å². The first-order valence-electron chi connectivity index (χ1n) is 9.65. The zero-order chi connectivity index (χ0) is 20.6. The fourth-order valence-electron chi connectivity index (χ4n) is 2.91. The van der Waals surface area contributed by atoms with Crippen LogP contribution >= 0.6 is 0 Å². The Kier molecular flexibility index (Phi) is 7.08. The second kappa shape index (κ2) is 9.93. The molecule has 2 aromatic rings. The molecule has 7 nitrogen and oxygen atoms in total. The van der Waals surface area contributed by atoms with E-state index in [1.54, 1.807) is 24.3 Å². The minimum Gasteiger partial charge on any atom is -0.491 e. The lowest BCUT2D eigenvalue weighted by atomic mass is 10.1. The van der Waals surface area contributed by atoms with Gasteiger partial charge >= 0.3 is 0 Å². The van der Waals surface area contributed by atoms with Crippen LogP contribution in [-0.4, -0.2) is 37.7 Å². The number of nitrogens with one attached hydrogen (secondary N) is 2. The van der Waals surface area contributed by atoms with Gasteiger partial charge in [-0.3, -0.25) is 20.4 Å². The number of amides is 2. The molecule has 0 aliphatic carbocycles. The summed E-state index contributed by atoms with van der Waals surface area (Å²) >= 11 is 0. The molecule has 1 fully saturated rings. The van der Waals surface area contributed by atoms with Crippen molar-refractivity contribution in [2.45, 2.75) is 32.8 Å². The van der Waals surface area contributed by atoms with Crippen LogP contribution in [-0.2, 0) is 9.53 Å². The number of ether oxygens (including phenoxy) is 3. The van der Waals surface area contributed by atoms with Crippen LogP contribution in [0.4, 0.5) is 0 Å². The number of benzene rings is 2. The maximum absolute atomic E-state index is 12.2. The number of hydrogen-bond donors (Lipinski definition) is 2. The van der Waals surface area contributed by atoms with Crippen molar-refractivity contribution in [3.8, 4) is 11.5 Å². The molecule has 1 atom stereocenters. The van der Waals surface area contributed by atoms with Crippen LogP contribution in [0, 0.1) is 13.8 Å². The third kappa shape index (κ3) is 6.22. The average molecular weight is 398 g/mol. The predicted octanol–water partition coefficient (Wildman–Crippen LogP) is 2.70. The Morgan fingerprint density at radius 3 is 2.59 bits per heavy atom. The van der Waals surface area contributed by atoms with Crippen molar-refractivity contribution < 1.29 is 23.8 Å². The van der Waals surface area contributed by atoms with Crippen LogP contribution in [0.3, 0.4) is 0 Å². The first-order valence-corrected chi connectivity index (χ1v) is 9.65. The Labute approximate surface area is 170 Å². The highest BCUT2D eigenvalue weighted by molar-refractivity contribution is 5.95. The highest BCUT2D eigenvalue weighted by Gasteiger charge is 2.16. The van der Waals surface area contributed by atoms with Crippen LogP contribution in [0.25, 0.3) is 0 Å². The standard InChI is InChI=1S/C22H26N2O5/c1-15-5-6-16(2)20(12-15)29-14-21(25)23-24-22(26)17-7-9-18(10-8-17)28-13-19-4-3-11-27-19/h5-10,12,19H,3-4,11,13-14H2,1-2H3,(H,23,25)(H,24,26). The van der Waals surface area contributed by atoms with E-state index in [4.69, 9.17) is 14.2 Å². The van der Waals surface area contributed by atoms with Crippen molar-refractivity contribution >= 4 is 11.8 Å². The maximum atomic E-state index is 12.2. The average Bonchev–Trinajstić information content (AvgIpc) is 3.25. The SMILES string of the molecule is Cc1ccc(C)c(OCC(=O)NNC(=O)c2ccc(OCC3CCCO3)cc2)c1. The van der Waals surface area contributed by atoms with Gasteiger partial charge in [0.1, 0.15) is 18.1 Å². The van der Waals surface area contributed by atoms with Gasteiger partial charge in [-0.1, -0.05) is 12.1 Å². The molecule has 2 amide bonds. The number of carbonyl (C=O) groups excluding carboxylic acids is 2. The third-order valence-electron chi connectivity index (χ3n) is 4.59. The second-order valence-corrected chi connectivity index (χ2v) is 7.03. The molecule has 0 bridgehead atoms. The van der Waals surface area contributed by atoms with Crippen molar-refractivity contribution in [1.82, 2.24) is 10.9 Å². The van der Waals surface area contributed by atoms with E-state index in [2.05, 4.69) is 10.9 Å². The highest BCUT2D eigenvalue weighted by Crippen LogP contribution is 2.19. The molecule has 2 N–H and O–H groups in total. The minimum atomic E-state index is -0.448. The van der Waals surface area contributed by atoms with Crippen molar-refractivity contribution in [1.29, 1.82) is 0 Å². The van der Waals surface area contributed by atoms with Crippen LogP contribution in [0.15, 0.2) is 42.5 Å². The summed E-state index contributed by atoms with van der Waals surface area (Å²) in [5.74, 6) is 0.444. The van der Waals surface area contributed by atoms with E-state index < -0.39 is 11.8 Å². The molecular weight excluding hydrogens is 372 g/mol. The van der Waals surface area contributed by atoms with Gasteiger partial charge in [0.05, 0.1) is 6.10 Å². The summed E-state index contributed by atoms with van der Waals surface area (Å²) in [6.45, 7) is 4.95. The molecule has 0 radical (unpaired) electrons. The van der Waals surface area contributed by atoms with Crippen molar-refractivity contribution in [2.24, 2.45) is 0 Å². The van der Waals surface area contributed by atoms with Gasteiger partial charge in [0, 0.05) is 12.2 Å². The molecule has 1 saturated heterocycles. The fraction of sp³-hybridized carbons (Fsp3) is 0.364. The van der Waals surface area contributed by atoms with Crippen molar-refractivity contribution in [2.75, 3.05) is 19.8 Å². The zero-order valence-corrected chi connectivity index (χ0v) is 16.7. The summed E-state index contributed by atoms with van der Waals surface area (Å²) in [7, 11) is 0. The molecule has 29 heavy (non-hydrogen) atoms. The second-order valence-electron chi connectivity index (χ2n) is 7.03. The Balaban J connectivity index is 1.41. The van der Waals surface area contributed by atoms with Gasteiger partial charge in [0.15, 0.2) is 6.61 Å². The molecule has 1 aliphatic heterocycles.